The summed E-state index contributed by atoms with van der Waals surface area (Å²) >= 11 is 2.09. The zero-order valence-corrected chi connectivity index (χ0v) is 18.1. The first-order valence-corrected chi connectivity index (χ1v) is 12.2. The number of nitrogens with zero attached hydrogens (tertiary/aromatic N) is 3. The van der Waals surface area contributed by atoms with E-state index in [0.717, 1.165) is 51.5 Å². The van der Waals surface area contributed by atoms with Crippen molar-refractivity contribution in [2.75, 3.05) is 49.6 Å². The molecule has 3 fully saturated rings. The van der Waals surface area contributed by atoms with E-state index in [0.29, 0.717) is 17.9 Å². The first-order valence-electron chi connectivity index (χ1n) is 11.1. The summed E-state index contributed by atoms with van der Waals surface area (Å²) in [4.78, 5) is 21.0. The molecule has 0 aromatic heterocycles. The van der Waals surface area contributed by atoms with Crippen LogP contribution in [0.1, 0.15) is 42.7 Å². The number of hydrogen-bond acceptors (Lipinski definition) is 4. The van der Waals surface area contributed by atoms with Crippen LogP contribution in [-0.4, -0.2) is 72.5 Å². The SMILES string of the molecule is Cc1ccc2c(c1)[C@H]1CN(C)CC[C@H]1N2C(=O)C1CCN(C2CCSC2)CC1. The molecule has 4 aliphatic rings. The second-order valence-electron chi connectivity index (χ2n) is 9.32. The van der Waals surface area contributed by atoms with E-state index < -0.39 is 0 Å². The first-order chi connectivity index (χ1) is 13.6. The number of carbonyl (C=O) groups is 1. The summed E-state index contributed by atoms with van der Waals surface area (Å²) < 4.78 is 0. The number of carbonyl (C=O) groups excluding carboxylic acids is 1. The summed E-state index contributed by atoms with van der Waals surface area (Å²) in [6, 6.07) is 7.85. The van der Waals surface area contributed by atoms with Gasteiger partial charge in [0.25, 0.3) is 0 Å². The number of rotatable bonds is 2. The fraction of sp³-hybridized carbons (Fsp3) is 0.696. The number of benzene rings is 1. The number of piperidine rings is 2. The average Bonchev–Trinajstić information content (AvgIpc) is 3.34. The molecule has 3 saturated heterocycles. The molecule has 1 aromatic rings. The molecular formula is C23H33N3OS. The molecule has 1 aromatic carbocycles. The van der Waals surface area contributed by atoms with Crippen LogP contribution in [0.5, 0.6) is 0 Å². The monoisotopic (exact) mass is 399 g/mol. The van der Waals surface area contributed by atoms with Crippen LogP contribution in [0.15, 0.2) is 18.2 Å². The van der Waals surface area contributed by atoms with E-state index >= 15 is 0 Å². The van der Waals surface area contributed by atoms with Crippen molar-refractivity contribution in [1.29, 1.82) is 0 Å². The molecule has 28 heavy (non-hydrogen) atoms. The van der Waals surface area contributed by atoms with Gasteiger partial charge in [0.2, 0.25) is 5.91 Å². The van der Waals surface area contributed by atoms with Gasteiger partial charge in [0.05, 0.1) is 0 Å². The van der Waals surface area contributed by atoms with Crippen molar-refractivity contribution in [2.24, 2.45) is 5.92 Å². The third-order valence-corrected chi connectivity index (χ3v) is 8.64. The Morgan fingerprint density at radius 2 is 1.93 bits per heavy atom. The lowest BCUT2D eigenvalue weighted by atomic mass is 9.88. The zero-order chi connectivity index (χ0) is 19.3. The van der Waals surface area contributed by atoms with E-state index in [1.54, 1.807) is 0 Å². The molecule has 152 valence electrons. The summed E-state index contributed by atoms with van der Waals surface area (Å²) in [5.41, 5.74) is 3.92. The fourth-order valence-electron chi connectivity index (χ4n) is 5.89. The highest BCUT2D eigenvalue weighted by Crippen LogP contribution is 2.46. The van der Waals surface area contributed by atoms with Gasteiger partial charge in [-0.1, -0.05) is 17.7 Å². The van der Waals surface area contributed by atoms with Gasteiger partial charge in [-0.15, -0.1) is 0 Å². The average molecular weight is 400 g/mol. The predicted molar refractivity (Wildman–Crippen MR) is 117 cm³/mol. The van der Waals surface area contributed by atoms with Crippen LogP contribution in [0.25, 0.3) is 0 Å². The Kier molecular flexibility index (Phi) is 5.18. The van der Waals surface area contributed by atoms with Gasteiger partial charge >= 0.3 is 0 Å². The number of amides is 1. The van der Waals surface area contributed by atoms with Gasteiger partial charge in [-0.25, -0.2) is 0 Å². The van der Waals surface area contributed by atoms with Gasteiger partial charge in [-0.2, -0.15) is 11.8 Å². The molecule has 1 amide bonds. The predicted octanol–water partition coefficient (Wildman–Crippen LogP) is 3.35. The second-order valence-corrected chi connectivity index (χ2v) is 10.5. The minimum absolute atomic E-state index is 0.206. The second kappa shape index (κ2) is 7.66. The Labute approximate surface area is 173 Å². The number of thioether (sulfide) groups is 1. The number of likely N-dealkylation sites (N-methyl/N-ethyl adjacent to an activating group) is 1. The molecule has 4 nitrogen and oxygen atoms in total. The molecule has 0 saturated carbocycles. The normalized spacial score (nSPS) is 31.8. The smallest absolute Gasteiger partial charge is 0.230 e. The van der Waals surface area contributed by atoms with Crippen molar-refractivity contribution in [3.63, 3.8) is 0 Å². The quantitative estimate of drug-likeness (QED) is 0.762. The zero-order valence-electron chi connectivity index (χ0n) is 17.3. The molecule has 0 bridgehead atoms. The van der Waals surface area contributed by atoms with E-state index in [1.165, 1.54) is 34.7 Å². The van der Waals surface area contributed by atoms with Gasteiger partial charge in [0, 0.05) is 41.9 Å². The lowest BCUT2D eigenvalue weighted by Crippen LogP contribution is -2.51. The molecule has 4 heterocycles. The Morgan fingerprint density at radius 3 is 2.68 bits per heavy atom. The Hall–Kier alpha value is -1.04. The summed E-state index contributed by atoms with van der Waals surface area (Å²) in [6.45, 7) is 6.54. The van der Waals surface area contributed by atoms with Gasteiger partial charge in [-0.3, -0.25) is 9.69 Å². The maximum absolute atomic E-state index is 13.7. The number of anilines is 1. The van der Waals surface area contributed by atoms with Crippen LogP contribution < -0.4 is 4.90 Å². The molecule has 0 aliphatic carbocycles. The highest BCUT2D eigenvalue weighted by Gasteiger charge is 2.45. The van der Waals surface area contributed by atoms with Crippen LogP contribution in [0, 0.1) is 12.8 Å². The molecule has 0 radical (unpaired) electrons. The molecular weight excluding hydrogens is 366 g/mol. The topological polar surface area (TPSA) is 26.8 Å². The summed E-state index contributed by atoms with van der Waals surface area (Å²) in [7, 11) is 2.22. The number of likely N-dealkylation sites (tertiary alicyclic amines) is 2. The Balaban J connectivity index is 1.34. The van der Waals surface area contributed by atoms with Crippen LogP contribution in [0.2, 0.25) is 0 Å². The maximum Gasteiger partial charge on any atom is 0.230 e. The van der Waals surface area contributed by atoms with E-state index in [9.17, 15) is 4.79 Å². The van der Waals surface area contributed by atoms with Crippen LogP contribution in [0.4, 0.5) is 5.69 Å². The fourth-order valence-corrected chi connectivity index (χ4v) is 7.14. The minimum atomic E-state index is 0.206. The number of fused-ring (bicyclic) bond motifs is 3. The van der Waals surface area contributed by atoms with Crippen LogP contribution in [-0.2, 0) is 4.79 Å². The standard InChI is InChI=1S/C23H33N3OS/c1-16-3-4-21-19(13-16)20-14-24(2)9-7-22(20)26(21)23(27)17-5-10-25(11-6-17)18-8-12-28-15-18/h3-4,13,17-18,20,22H,5-12,14-15H2,1-2H3/t18?,20-,22-/m1/s1. The summed E-state index contributed by atoms with van der Waals surface area (Å²) in [6.07, 6.45) is 4.50. The van der Waals surface area contributed by atoms with Crippen molar-refractivity contribution in [3.8, 4) is 0 Å². The molecule has 5 rings (SSSR count). The van der Waals surface area contributed by atoms with Gasteiger partial charge in [0.1, 0.15) is 0 Å². The third kappa shape index (κ3) is 3.29. The van der Waals surface area contributed by atoms with E-state index in [-0.39, 0.29) is 5.92 Å². The highest BCUT2D eigenvalue weighted by atomic mass is 32.2. The minimum Gasteiger partial charge on any atom is -0.308 e. The molecule has 3 atom stereocenters. The first kappa shape index (κ1) is 19.0. The summed E-state index contributed by atoms with van der Waals surface area (Å²) in [5.74, 6) is 3.69. The molecule has 0 spiro atoms. The van der Waals surface area contributed by atoms with Crippen LogP contribution in [0.3, 0.4) is 0 Å². The number of hydrogen-bond donors (Lipinski definition) is 0. The summed E-state index contributed by atoms with van der Waals surface area (Å²) in [5, 5.41) is 0. The van der Waals surface area contributed by atoms with E-state index in [4.69, 9.17) is 0 Å². The lowest BCUT2D eigenvalue weighted by Gasteiger charge is -2.40. The lowest BCUT2D eigenvalue weighted by molar-refractivity contribution is -0.124. The number of aryl methyl sites for hydroxylation is 1. The van der Waals surface area contributed by atoms with Crippen molar-refractivity contribution in [1.82, 2.24) is 9.80 Å². The third-order valence-electron chi connectivity index (χ3n) is 7.49. The van der Waals surface area contributed by atoms with Gasteiger partial charge < -0.3 is 9.80 Å². The van der Waals surface area contributed by atoms with E-state index in [1.807, 2.05) is 0 Å². The molecule has 5 heteroatoms. The van der Waals surface area contributed by atoms with Gasteiger partial charge in [0.15, 0.2) is 0 Å². The maximum atomic E-state index is 13.7. The van der Waals surface area contributed by atoms with Gasteiger partial charge in [-0.05, 0) is 76.7 Å². The molecule has 1 unspecified atom stereocenters. The molecule has 4 aliphatic heterocycles. The molecule has 0 N–H and O–H groups in total. The Morgan fingerprint density at radius 1 is 1.11 bits per heavy atom. The highest BCUT2D eigenvalue weighted by molar-refractivity contribution is 7.99. The largest absolute Gasteiger partial charge is 0.308 e. The van der Waals surface area contributed by atoms with Crippen molar-refractivity contribution >= 4 is 23.4 Å². The van der Waals surface area contributed by atoms with Crippen molar-refractivity contribution < 1.29 is 4.79 Å². The van der Waals surface area contributed by atoms with Crippen LogP contribution >= 0.6 is 11.8 Å². The van der Waals surface area contributed by atoms with E-state index in [2.05, 4.69) is 58.6 Å². The Bertz CT molecular complexity index is 739. The van der Waals surface area contributed by atoms with Crippen molar-refractivity contribution in [3.05, 3.63) is 29.3 Å². The van der Waals surface area contributed by atoms with Crippen molar-refractivity contribution in [2.45, 2.75) is 50.6 Å².